The van der Waals surface area contributed by atoms with Gasteiger partial charge in [0.2, 0.25) is 11.8 Å². The summed E-state index contributed by atoms with van der Waals surface area (Å²) < 4.78 is 25.4. The first kappa shape index (κ1) is 33.5. The Labute approximate surface area is 241 Å². The van der Waals surface area contributed by atoms with Crippen LogP contribution in [0.3, 0.4) is 0 Å². The summed E-state index contributed by atoms with van der Waals surface area (Å²) in [5, 5.41) is 6.72. The molecule has 0 bridgehead atoms. The van der Waals surface area contributed by atoms with Crippen LogP contribution < -0.4 is 20.8 Å². The highest BCUT2D eigenvalue weighted by Crippen LogP contribution is 2.26. The van der Waals surface area contributed by atoms with Crippen LogP contribution >= 0.6 is 0 Å². The number of rotatable bonds is 14. The van der Waals surface area contributed by atoms with Gasteiger partial charge in [0.25, 0.3) is 5.91 Å². The third-order valence-electron chi connectivity index (χ3n) is 6.75. The summed E-state index contributed by atoms with van der Waals surface area (Å²) >= 11 is 0. The summed E-state index contributed by atoms with van der Waals surface area (Å²) in [7, 11) is 0. The standard InChI is InChI=1S/C30H43FN4O6/c1-8-11-19(5)27(36)33-26(18(3)4)28(37)32-20(6)29(38)35-15-10-12-25(34-35)30(39)41-21(7)23-17-22(40-16-9-2)13-14-24(23)31/h8-9,13-14,17-21,25-26,34H,1-2,10-12,15-16H2,3-7H3,(H,32,37)(H,33,36)/t19-,20+,21-,25+,26+/m1/s1. The van der Waals surface area contributed by atoms with Gasteiger partial charge in [-0.1, -0.05) is 39.5 Å². The van der Waals surface area contributed by atoms with Crippen LogP contribution in [0.1, 0.15) is 65.5 Å². The van der Waals surface area contributed by atoms with Crippen LogP contribution in [0.4, 0.5) is 4.39 Å². The lowest BCUT2D eigenvalue weighted by Gasteiger charge is -2.35. The number of hydrogen-bond donors (Lipinski definition) is 3. The maximum Gasteiger partial charge on any atom is 0.325 e. The van der Waals surface area contributed by atoms with Crippen molar-refractivity contribution in [3.05, 3.63) is 54.9 Å². The fourth-order valence-electron chi connectivity index (χ4n) is 4.30. The van der Waals surface area contributed by atoms with E-state index in [1.165, 1.54) is 30.1 Å². The highest BCUT2D eigenvalue weighted by Gasteiger charge is 2.34. The molecule has 0 saturated carbocycles. The van der Waals surface area contributed by atoms with E-state index in [0.717, 1.165) is 0 Å². The summed E-state index contributed by atoms with van der Waals surface area (Å²) in [5.41, 5.74) is 3.04. The summed E-state index contributed by atoms with van der Waals surface area (Å²) in [6.45, 7) is 16.2. The molecule has 2 rings (SSSR count). The van der Waals surface area contributed by atoms with Crippen molar-refractivity contribution < 1.29 is 33.0 Å². The lowest BCUT2D eigenvalue weighted by Crippen LogP contribution is -2.61. The average molecular weight is 575 g/mol. The van der Waals surface area contributed by atoms with Gasteiger partial charge in [0, 0.05) is 18.0 Å². The smallest absolute Gasteiger partial charge is 0.325 e. The molecule has 0 spiro atoms. The average Bonchev–Trinajstić information content (AvgIpc) is 2.94. The zero-order valence-corrected chi connectivity index (χ0v) is 24.6. The topological polar surface area (TPSA) is 126 Å². The molecule has 1 heterocycles. The number of benzene rings is 1. The van der Waals surface area contributed by atoms with Crippen molar-refractivity contribution in [1.29, 1.82) is 0 Å². The van der Waals surface area contributed by atoms with Gasteiger partial charge in [0.05, 0.1) is 0 Å². The van der Waals surface area contributed by atoms with Gasteiger partial charge in [0.15, 0.2) is 0 Å². The number of nitrogens with one attached hydrogen (secondary N) is 3. The maximum absolute atomic E-state index is 14.4. The van der Waals surface area contributed by atoms with Crippen molar-refractivity contribution in [3.8, 4) is 5.75 Å². The Morgan fingerprint density at radius 3 is 2.44 bits per heavy atom. The molecule has 0 unspecified atom stereocenters. The van der Waals surface area contributed by atoms with Gasteiger partial charge in [0.1, 0.15) is 42.4 Å². The number of halogens is 1. The molecule has 11 heteroatoms. The number of carbonyl (C=O) groups excluding carboxylic acids is 4. The van der Waals surface area contributed by atoms with Crippen molar-refractivity contribution >= 4 is 23.7 Å². The number of ether oxygens (including phenoxy) is 2. The number of carbonyl (C=O) groups is 4. The number of allylic oxidation sites excluding steroid dienone is 1. The first-order valence-electron chi connectivity index (χ1n) is 13.9. The van der Waals surface area contributed by atoms with Crippen LogP contribution in [0.2, 0.25) is 0 Å². The molecule has 10 nitrogen and oxygen atoms in total. The quantitative estimate of drug-likeness (QED) is 0.230. The number of hydrazine groups is 1. The van der Waals surface area contributed by atoms with Crippen molar-refractivity contribution in [2.45, 2.75) is 78.1 Å². The number of amides is 3. The Hall–Kier alpha value is -3.73. The Kier molecular flexibility index (Phi) is 13.0. The minimum atomic E-state index is -0.931. The van der Waals surface area contributed by atoms with Crippen LogP contribution in [0.15, 0.2) is 43.5 Å². The zero-order chi connectivity index (χ0) is 30.7. The summed E-state index contributed by atoms with van der Waals surface area (Å²) in [6.07, 6.45) is 3.69. The van der Waals surface area contributed by atoms with Gasteiger partial charge in [-0.15, -0.1) is 6.58 Å². The van der Waals surface area contributed by atoms with Gasteiger partial charge < -0.3 is 20.1 Å². The van der Waals surface area contributed by atoms with Crippen LogP contribution in [0.5, 0.6) is 5.75 Å². The van der Waals surface area contributed by atoms with E-state index in [1.807, 2.05) is 0 Å². The second kappa shape index (κ2) is 15.9. The van der Waals surface area contributed by atoms with Crippen LogP contribution in [-0.4, -0.2) is 60.0 Å². The maximum atomic E-state index is 14.4. The molecule has 1 aliphatic rings. The Morgan fingerprint density at radius 2 is 1.80 bits per heavy atom. The third-order valence-corrected chi connectivity index (χ3v) is 6.75. The molecule has 1 saturated heterocycles. The van der Waals surface area contributed by atoms with Crippen LogP contribution in [0, 0.1) is 17.7 Å². The van der Waals surface area contributed by atoms with Gasteiger partial charge >= 0.3 is 5.97 Å². The Bertz CT molecular complexity index is 1110. The van der Waals surface area contributed by atoms with Crippen molar-refractivity contribution in [3.63, 3.8) is 0 Å². The van der Waals surface area contributed by atoms with E-state index < -0.39 is 47.8 Å². The van der Waals surface area contributed by atoms with E-state index in [4.69, 9.17) is 9.47 Å². The van der Waals surface area contributed by atoms with Crippen molar-refractivity contribution in [1.82, 2.24) is 21.1 Å². The van der Waals surface area contributed by atoms with Gasteiger partial charge in [-0.05, 0) is 57.2 Å². The molecular weight excluding hydrogens is 531 g/mol. The SMILES string of the molecule is C=CCOc1ccc(F)c([C@@H](C)OC(=O)[C@@H]2CCCN(C(=O)[C@H](C)NC(=O)[C@@H](NC(=O)[C@H](C)CC=C)C(C)C)N2)c1. The van der Waals surface area contributed by atoms with Crippen LogP contribution in [0.25, 0.3) is 0 Å². The zero-order valence-electron chi connectivity index (χ0n) is 24.6. The Balaban J connectivity index is 1.99. The number of esters is 1. The predicted octanol–water partition coefficient (Wildman–Crippen LogP) is 3.35. The molecule has 5 atom stereocenters. The van der Waals surface area contributed by atoms with Crippen molar-refractivity contribution in [2.75, 3.05) is 13.2 Å². The molecule has 1 aromatic rings. The minimum absolute atomic E-state index is 0.158. The van der Waals surface area contributed by atoms with E-state index in [1.54, 1.807) is 39.8 Å². The van der Waals surface area contributed by atoms with Gasteiger partial charge in [-0.3, -0.25) is 24.2 Å². The second-order valence-corrected chi connectivity index (χ2v) is 10.6. The third kappa shape index (κ3) is 9.70. The molecule has 0 aliphatic carbocycles. The first-order chi connectivity index (χ1) is 19.4. The number of hydrogen-bond acceptors (Lipinski definition) is 7. The fourth-order valence-corrected chi connectivity index (χ4v) is 4.30. The van der Waals surface area contributed by atoms with Gasteiger partial charge in [-0.25, -0.2) is 9.82 Å². The molecule has 41 heavy (non-hydrogen) atoms. The highest BCUT2D eigenvalue weighted by atomic mass is 19.1. The van der Waals surface area contributed by atoms with E-state index >= 15 is 0 Å². The number of nitrogens with zero attached hydrogens (tertiary/aromatic N) is 1. The predicted molar refractivity (Wildman–Crippen MR) is 153 cm³/mol. The monoisotopic (exact) mass is 574 g/mol. The Morgan fingerprint density at radius 1 is 1.10 bits per heavy atom. The largest absolute Gasteiger partial charge is 0.490 e. The molecule has 3 amide bonds. The molecule has 226 valence electrons. The van der Waals surface area contributed by atoms with E-state index in [-0.39, 0.29) is 29.9 Å². The minimum Gasteiger partial charge on any atom is -0.490 e. The highest BCUT2D eigenvalue weighted by molar-refractivity contribution is 5.92. The first-order valence-corrected chi connectivity index (χ1v) is 13.9. The van der Waals surface area contributed by atoms with Crippen molar-refractivity contribution in [2.24, 2.45) is 11.8 Å². The normalized spacial score (nSPS) is 17.9. The van der Waals surface area contributed by atoms with Crippen LogP contribution in [-0.2, 0) is 23.9 Å². The summed E-state index contributed by atoms with van der Waals surface area (Å²) in [6, 6.07) is 1.59. The van der Waals surface area contributed by atoms with E-state index in [2.05, 4.69) is 29.2 Å². The van der Waals surface area contributed by atoms with Gasteiger partial charge in [-0.2, -0.15) is 0 Å². The van der Waals surface area contributed by atoms with E-state index in [9.17, 15) is 23.6 Å². The van der Waals surface area contributed by atoms with E-state index in [0.29, 0.717) is 31.6 Å². The molecule has 3 N–H and O–H groups in total. The molecular formula is C30H43FN4O6. The lowest BCUT2D eigenvalue weighted by atomic mass is 10.0. The summed E-state index contributed by atoms with van der Waals surface area (Å²) in [4.78, 5) is 51.5. The lowest BCUT2D eigenvalue weighted by molar-refractivity contribution is -0.157. The molecule has 1 aliphatic heterocycles. The summed E-state index contributed by atoms with van der Waals surface area (Å²) in [5.74, 6) is -2.53. The molecule has 0 aromatic heterocycles. The second-order valence-electron chi connectivity index (χ2n) is 10.6. The molecule has 0 radical (unpaired) electrons. The fraction of sp³-hybridized carbons (Fsp3) is 0.533. The molecule has 1 fully saturated rings. The molecule has 1 aromatic carbocycles.